The van der Waals surface area contributed by atoms with E-state index >= 15 is 0 Å². The van der Waals surface area contributed by atoms with E-state index in [9.17, 15) is 4.79 Å². The fourth-order valence-electron chi connectivity index (χ4n) is 3.04. The van der Waals surface area contributed by atoms with E-state index in [-0.39, 0.29) is 12.1 Å². The van der Waals surface area contributed by atoms with Crippen molar-refractivity contribution in [3.63, 3.8) is 0 Å². The fraction of sp³-hybridized carbons (Fsp3) is 0.474. The number of nitrogens with zero attached hydrogens (tertiary/aromatic N) is 4. The van der Waals surface area contributed by atoms with Crippen LogP contribution < -0.4 is 19.7 Å². The topological polar surface area (TPSA) is 71.9 Å². The van der Waals surface area contributed by atoms with Gasteiger partial charge >= 0.3 is 6.03 Å². The van der Waals surface area contributed by atoms with Crippen molar-refractivity contribution in [2.45, 2.75) is 20.0 Å². The first-order valence-corrected chi connectivity index (χ1v) is 9.10. The summed E-state index contributed by atoms with van der Waals surface area (Å²) < 4.78 is 12.9. The molecule has 8 heteroatoms. The van der Waals surface area contributed by atoms with E-state index in [1.165, 1.54) is 0 Å². The van der Waals surface area contributed by atoms with Crippen molar-refractivity contribution >= 4 is 17.4 Å². The zero-order valence-corrected chi connectivity index (χ0v) is 16.3. The van der Waals surface area contributed by atoms with E-state index in [1.54, 1.807) is 23.9 Å². The highest BCUT2D eigenvalue weighted by atomic mass is 16.5. The van der Waals surface area contributed by atoms with Crippen molar-refractivity contribution in [1.29, 1.82) is 0 Å². The average molecular weight is 373 g/mol. The number of methoxy groups -OCH3 is 1. The van der Waals surface area contributed by atoms with Gasteiger partial charge in [-0.15, -0.1) is 0 Å². The van der Waals surface area contributed by atoms with Gasteiger partial charge in [-0.1, -0.05) is 0 Å². The Balaban J connectivity index is 1.59. The molecular formula is C19H27N5O3. The molecule has 2 amide bonds. The first kappa shape index (κ1) is 18.9. The molecule has 0 bridgehead atoms. The van der Waals surface area contributed by atoms with Gasteiger partial charge in [0.05, 0.1) is 25.1 Å². The number of rotatable bonds is 5. The number of amides is 2. The standard InChI is InChI=1S/C19H27N5O3/c1-14(2)27-18-11-15(5-6-17(18)26-4)21-19(25)24-9-7-23(8-10-24)16-12-20-22(3)13-16/h5-6,11-14H,7-10H2,1-4H3,(H,21,25). The molecule has 0 spiro atoms. The molecule has 1 aromatic heterocycles. The van der Waals surface area contributed by atoms with Crippen molar-refractivity contribution in [1.82, 2.24) is 14.7 Å². The molecule has 1 aliphatic heterocycles. The highest BCUT2D eigenvalue weighted by Gasteiger charge is 2.22. The van der Waals surface area contributed by atoms with Gasteiger partial charge < -0.3 is 24.6 Å². The molecule has 8 nitrogen and oxygen atoms in total. The Kier molecular flexibility index (Phi) is 5.73. The lowest BCUT2D eigenvalue weighted by Crippen LogP contribution is -2.50. The SMILES string of the molecule is COc1ccc(NC(=O)N2CCN(c3cnn(C)c3)CC2)cc1OC(C)C. The van der Waals surface area contributed by atoms with Crippen LogP contribution in [0.1, 0.15) is 13.8 Å². The Hall–Kier alpha value is -2.90. The van der Waals surface area contributed by atoms with Gasteiger partial charge in [0.2, 0.25) is 0 Å². The van der Waals surface area contributed by atoms with Crippen LogP contribution in [0.15, 0.2) is 30.6 Å². The number of aryl methyl sites for hydroxylation is 1. The Bertz CT molecular complexity index is 781. The summed E-state index contributed by atoms with van der Waals surface area (Å²) in [5.41, 5.74) is 1.77. The molecule has 27 heavy (non-hydrogen) atoms. The molecule has 0 unspecified atom stereocenters. The number of aromatic nitrogens is 2. The quantitative estimate of drug-likeness (QED) is 0.872. The maximum Gasteiger partial charge on any atom is 0.321 e. The number of ether oxygens (including phenoxy) is 2. The number of anilines is 2. The third kappa shape index (κ3) is 4.64. The number of urea groups is 1. The summed E-state index contributed by atoms with van der Waals surface area (Å²) in [7, 11) is 3.50. The van der Waals surface area contributed by atoms with Crippen LogP contribution in [0.3, 0.4) is 0 Å². The number of carbonyl (C=O) groups is 1. The fourth-order valence-corrected chi connectivity index (χ4v) is 3.04. The van der Waals surface area contributed by atoms with Crippen molar-refractivity contribution in [3.05, 3.63) is 30.6 Å². The zero-order chi connectivity index (χ0) is 19.4. The Morgan fingerprint density at radius 1 is 1.19 bits per heavy atom. The lowest BCUT2D eigenvalue weighted by atomic mass is 10.2. The van der Waals surface area contributed by atoms with E-state index in [4.69, 9.17) is 9.47 Å². The summed E-state index contributed by atoms with van der Waals surface area (Å²) in [6, 6.07) is 5.30. The lowest BCUT2D eigenvalue weighted by molar-refractivity contribution is 0.208. The number of hydrogen-bond acceptors (Lipinski definition) is 5. The van der Waals surface area contributed by atoms with Crippen molar-refractivity contribution in [2.75, 3.05) is 43.5 Å². The Morgan fingerprint density at radius 3 is 2.52 bits per heavy atom. The van der Waals surface area contributed by atoms with Gasteiger partial charge in [0, 0.05) is 51.2 Å². The third-order valence-corrected chi connectivity index (χ3v) is 4.40. The lowest BCUT2D eigenvalue weighted by Gasteiger charge is -2.35. The summed E-state index contributed by atoms with van der Waals surface area (Å²) in [6.45, 7) is 6.78. The maximum atomic E-state index is 12.6. The normalized spacial score (nSPS) is 14.4. The molecule has 146 valence electrons. The van der Waals surface area contributed by atoms with Crippen LogP contribution in [0, 0.1) is 0 Å². The van der Waals surface area contributed by atoms with Crippen molar-refractivity contribution < 1.29 is 14.3 Å². The molecule has 2 aromatic rings. The monoisotopic (exact) mass is 373 g/mol. The van der Waals surface area contributed by atoms with E-state index in [0.717, 1.165) is 18.8 Å². The van der Waals surface area contributed by atoms with Gasteiger partial charge in [-0.25, -0.2) is 4.79 Å². The molecule has 1 aromatic carbocycles. The van der Waals surface area contributed by atoms with Gasteiger partial charge in [-0.3, -0.25) is 4.68 Å². The van der Waals surface area contributed by atoms with E-state index in [1.807, 2.05) is 44.3 Å². The van der Waals surface area contributed by atoms with Gasteiger partial charge in [-0.2, -0.15) is 5.10 Å². The molecule has 1 N–H and O–H groups in total. The first-order valence-electron chi connectivity index (χ1n) is 9.10. The van der Waals surface area contributed by atoms with E-state index in [0.29, 0.717) is 30.3 Å². The molecule has 1 fully saturated rings. The van der Waals surface area contributed by atoms with Gasteiger partial charge in [-0.05, 0) is 26.0 Å². The molecule has 0 aliphatic carbocycles. The molecule has 0 saturated carbocycles. The highest BCUT2D eigenvalue weighted by Crippen LogP contribution is 2.31. The highest BCUT2D eigenvalue weighted by molar-refractivity contribution is 5.90. The second kappa shape index (κ2) is 8.20. The summed E-state index contributed by atoms with van der Waals surface area (Å²) in [5.74, 6) is 1.26. The van der Waals surface area contributed by atoms with Gasteiger partial charge in [0.15, 0.2) is 11.5 Å². The van der Waals surface area contributed by atoms with Crippen LogP contribution in [-0.4, -0.2) is 60.1 Å². The largest absolute Gasteiger partial charge is 0.493 e. The van der Waals surface area contributed by atoms with Crippen LogP contribution in [0.25, 0.3) is 0 Å². The number of benzene rings is 1. The Morgan fingerprint density at radius 2 is 1.93 bits per heavy atom. The molecule has 1 saturated heterocycles. The number of piperazine rings is 1. The number of hydrogen-bond donors (Lipinski definition) is 1. The minimum Gasteiger partial charge on any atom is -0.493 e. The zero-order valence-electron chi connectivity index (χ0n) is 16.3. The second-order valence-corrected chi connectivity index (χ2v) is 6.81. The van der Waals surface area contributed by atoms with Crippen LogP contribution >= 0.6 is 0 Å². The van der Waals surface area contributed by atoms with Crippen LogP contribution in [-0.2, 0) is 7.05 Å². The van der Waals surface area contributed by atoms with Crippen molar-refractivity contribution in [3.8, 4) is 11.5 Å². The summed E-state index contributed by atoms with van der Waals surface area (Å²) >= 11 is 0. The Labute approximate surface area is 159 Å². The number of carbonyl (C=O) groups excluding carboxylic acids is 1. The molecule has 2 heterocycles. The molecule has 1 aliphatic rings. The summed E-state index contributed by atoms with van der Waals surface area (Å²) in [6.07, 6.45) is 3.86. The molecule has 3 rings (SSSR count). The minimum atomic E-state index is -0.110. The van der Waals surface area contributed by atoms with E-state index < -0.39 is 0 Å². The first-order chi connectivity index (χ1) is 13.0. The van der Waals surface area contributed by atoms with Crippen molar-refractivity contribution in [2.24, 2.45) is 7.05 Å². The average Bonchev–Trinajstić information content (AvgIpc) is 3.08. The summed E-state index contributed by atoms with van der Waals surface area (Å²) in [4.78, 5) is 16.7. The van der Waals surface area contributed by atoms with Crippen LogP contribution in [0.5, 0.6) is 11.5 Å². The predicted molar refractivity (Wildman–Crippen MR) is 105 cm³/mol. The molecule has 0 atom stereocenters. The van der Waals surface area contributed by atoms with Gasteiger partial charge in [0.1, 0.15) is 0 Å². The smallest absolute Gasteiger partial charge is 0.321 e. The number of nitrogens with one attached hydrogen (secondary N) is 1. The maximum absolute atomic E-state index is 12.6. The summed E-state index contributed by atoms with van der Waals surface area (Å²) in [5, 5.41) is 7.16. The third-order valence-electron chi connectivity index (χ3n) is 4.40. The molecule has 0 radical (unpaired) electrons. The molecular weight excluding hydrogens is 346 g/mol. The predicted octanol–water partition coefficient (Wildman–Crippen LogP) is 2.57. The van der Waals surface area contributed by atoms with Crippen LogP contribution in [0.2, 0.25) is 0 Å². The minimum absolute atomic E-state index is 0.0189. The second-order valence-electron chi connectivity index (χ2n) is 6.81. The van der Waals surface area contributed by atoms with Gasteiger partial charge in [0.25, 0.3) is 0 Å². The van der Waals surface area contributed by atoms with Crippen LogP contribution in [0.4, 0.5) is 16.2 Å². The van der Waals surface area contributed by atoms with E-state index in [2.05, 4.69) is 15.3 Å².